The van der Waals surface area contributed by atoms with E-state index in [4.69, 9.17) is 4.74 Å². The summed E-state index contributed by atoms with van der Waals surface area (Å²) in [7, 11) is 3.19. The molecule has 0 bridgehead atoms. The van der Waals surface area contributed by atoms with Gasteiger partial charge in [0, 0.05) is 11.5 Å². The van der Waals surface area contributed by atoms with Crippen LogP contribution in [0.25, 0.3) is 0 Å². The zero-order chi connectivity index (χ0) is 13.3. The van der Waals surface area contributed by atoms with Gasteiger partial charge in [0.2, 0.25) is 5.78 Å². The van der Waals surface area contributed by atoms with Gasteiger partial charge in [-0.05, 0) is 34.1 Å². The van der Waals surface area contributed by atoms with E-state index in [9.17, 15) is 4.79 Å². The van der Waals surface area contributed by atoms with Gasteiger partial charge >= 0.3 is 0 Å². The summed E-state index contributed by atoms with van der Waals surface area (Å²) in [5.41, 5.74) is 0.849. The number of hydrogen-bond acceptors (Lipinski definition) is 4. The molecule has 5 nitrogen and oxygen atoms in total. The summed E-state index contributed by atoms with van der Waals surface area (Å²) >= 11 is 6.54. The molecule has 0 saturated carbocycles. The van der Waals surface area contributed by atoms with E-state index in [1.54, 1.807) is 25.2 Å². The third-order valence-corrected chi connectivity index (χ3v) is 3.44. The summed E-state index contributed by atoms with van der Waals surface area (Å²) in [4.78, 5) is 12.4. The molecule has 0 atom stereocenters. The molecule has 0 fully saturated rings. The number of ether oxygens (including phenoxy) is 1. The first-order valence-electron chi connectivity index (χ1n) is 4.98. The SMILES string of the molecule is COc1cc(Br)ccc1C(=O)c1c(Br)nnn1C. The molecule has 7 heteroatoms. The van der Waals surface area contributed by atoms with Crippen LogP contribution >= 0.6 is 31.9 Å². The second-order valence-corrected chi connectivity index (χ2v) is 5.19. The second kappa shape index (κ2) is 5.19. The number of benzene rings is 1. The van der Waals surface area contributed by atoms with Gasteiger partial charge in [0.1, 0.15) is 11.4 Å². The molecule has 18 heavy (non-hydrogen) atoms. The van der Waals surface area contributed by atoms with Crippen LogP contribution in [-0.2, 0) is 7.05 Å². The van der Waals surface area contributed by atoms with E-state index in [-0.39, 0.29) is 5.78 Å². The van der Waals surface area contributed by atoms with Crippen molar-refractivity contribution in [3.63, 3.8) is 0 Å². The molecule has 0 aliphatic carbocycles. The van der Waals surface area contributed by atoms with Gasteiger partial charge in [-0.3, -0.25) is 4.79 Å². The third-order valence-electron chi connectivity index (χ3n) is 2.41. The van der Waals surface area contributed by atoms with Crippen molar-refractivity contribution < 1.29 is 9.53 Å². The van der Waals surface area contributed by atoms with E-state index in [1.807, 2.05) is 0 Å². The monoisotopic (exact) mass is 373 g/mol. The number of nitrogens with zero attached hydrogens (tertiary/aromatic N) is 3. The van der Waals surface area contributed by atoms with Crippen LogP contribution < -0.4 is 4.74 Å². The number of halogens is 2. The highest BCUT2D eigenvalue weighted by atomic mass is 79.9. The summed E-state index contributed by atoms with van der Waals surface area (Å²) < 4.78 is 7.90. The van der Waals surface area contributed by atoms with Crippen LogP contribution in [0.3, 0.4) is 0 Å². The van der Waals surface area contributed by atoms with Crippen molar-refractivity contribution in [1.29, 1.82) is 0 Å². The van der Waals surface area contributed by atoms with E-state index in [2.05, 4.69) is 42.2 Å². The fourth-order valence-corrected chi connectivity index (χ4v) is 2.40. The number of carbonyl (C=O) groups is 1. The van der Waals surface area contributed by atoms with Gasteiger partial charge in [-0.2, -0.15) is 0 Å². The minimum atomic E-state index is -0.196. The van der Waals surface area contributed by atoms with Gasteiger partial charge in [0.15, 0.2) is 4.60 Å². The van der Waals surface area contributed by atoms with Crippen molar-refractivity contribution in [1.82, 2.24) is 15.0 Å². The molecule has 0 aliphatic heterocycles. The molecule has 0 amide bonds. The molecule has 1 aromatic carbocycles. The summed E-state index contributed by atoms with van der Waals surface area (Å²) in [5.74, 6) is 0.307. The predicted molar refractivity (Wildman–Crippen MR) is 72.8 cm³/mol. The topological polar surface area (TPSA) is 57.0 Å². The van der Waals surface area contributed by atoms with Crippen LogP contribution in [0, 0.1) is 0 Å². The van der Waals surface area contributed by atoms with Crippen molar-refractivity contribution in [3.05, 3.63) is 38.5 Å². The lowest BCUT2D eigenvalue weighted by Gasteiger charge is -2.08. The lowest BCUT2D eigenvalue weighted by atomic mass is 10.1. The Kier molecular flexibility index (Phi) is 3.82. The molecule has 0 aliphatic rings. The Bertz CT molecular complexity index is 591. The van der Waals surface area contributed by atoms with Gasteiger partial charge in [-0.15, -0.1) is 5.10 Å². The van der Waals surface area contributed by atoms with Crippen molar-refractivity contribution in [2.75, 3.05) is 7.11 Å². The van der Waals surface area contributed by atoms with Gasteiger partial charge < -0.3 is 4.74 Å². The second-order valence-electron chi connectivity index (χ2n) is 3.53. The molecule has 94 valence electrons. The lowest BCUT2D eigenvalue weighted by molar-refractivity contribution is 0.102. The third kappa shape index (κ3) is 2.32. The molecule has 0 radical (unpaired) electrons. The molecule has 0 spiro atoms. The fraction of sp³-hybridized carbons (Fsp3) is 0.182. The van der Waals surface area contributed by atoms with Gasteiger partial charge in [-0.1, -0.05) is 21.1 Å². The number of methoxy groups -OCH3 is 1. The van der Waals surface area contributed by atoms with E-state index in [0.717, 1.165) is 4.47 Å². The Morgan fingerprint density at radius 2 is 2.11 bits per heavy atom. The molecular formula is C11H9Br2N3O2. The number of hydrogen-bond donors (Lipinski definition) is 0. The van der Waals surface area contributed by atoms with Crippen molar-refractivity contribution in [2.24, 2.45) is 7.05 Å². The van der Waals surface area contributed by atoms with E-state index in [1.165, 1.54) is 11.8 Å². The lowest BCUT2D eigenvalue weighted by Crippen LogP contribution is -2.10. The summed E-state index contributed by atoms with van der Waals surface area (Å²) in [6, 6.07) is 5.23. The Morgan fingerprint density at radius 3 is 2.67 bits per heavy atom. The van der Waals surface area contributed by atoms with E-state index in [0.29, 0.717) is 21.6 Å². The quantitative estimate of drug-likeness (QED) is 0.775. The van der Waals surface area contributed by atoms with Gasteiger partial charge in [-0.25, -0.2) is 4.68 Å². The molecule has 1 heterocycles. The zero-order valence-corrected chi connectivity index (χ0v) is 12.8. The number of aromatic nitrogens is 3. The summed E-state index contributed by atoms with van der Waals surface area (Å²) in [6.07, 6.45) is 0. The molecular weight excluding hydrogens is 366 g/mol. The molecule has 0 N–H and O–H groups in total. The van der Waals surface area contributed by atoms with Crippen molar-refractivity contribution in [2.45, 2.75) is 0 Å². The molecule has 0 unspecified atom stereocenters. The van der Waals surface area contributed by atoms with E-state index >= 15 is 0 Å². The highest BCUT2D eigenvalue weighted by Crippen LogP contribution is 2.27. The Balaban J connectivity index is 2.53. The van der Waals surface area contributed by atoms with Crippen LogP contribution in [0.15, 0.2) is 27.3 Å². The van der Waals surface area contributed by atoms with Gasteiger partial charge in [0.05, 0.1) is 12.7 Å². The standard InChI is InChI=1S/C11H9Br2N3O2/c1-16-9(11(13)14-15-16)10(17)7-4-3-6(12)5-8(7)18-2/h3-5H,1-2H3. The average molecular weight is 375 g/mol. The minimum absolute atomic E-state index is 0.196. The van der Waals surface area contributed by atoms with Crippen LogP contribution in [-0.4, -0.2) is 27.9 Å². The van der Waals surface area contributed by atoms with Crippen LogP contribution in [0.2, 0.25) is 0 Å². The summed E-state index contributed by atoms with van der Waals surface area (Å²) in [5, 5.41) is 7.58. The highest BCUT2D eigenvalue weighted by Gasteiger charge is 2.21. The predicted octanol–water partition coefficient (Wildman–Crippen LogP) is 2.58. The normalized spacial score (nSPS) is 10.4. The molecule has 1 aromatic heterocycles. The largest absolute Gasteiger partial charge is 0.496 e. The maximum Gasteiger partial charge on any atom is 0.217 e. The first-order chi connectivity index (χ1) is 8.54. The molecule has 2 aromatic rings. The van der Waals surface area contributed by atoms with Crippen LogP contribution in [0.4, 0.5) is 0 Å². The first-order valence-corrected chi connectivity index (χ1v) is 6.56. The van der Waals surface area contributed by atoms with Crippen molar-refractivity contribution in [3.8, 4) is 5.75 Å². The number of carbonyl (C=O) groups excluding carboxylic acids is 1. The fourth-order valence-electron chi connectivity index (χ4n) is 1.55. The number of aryl methyl sites for hydroxylation is 1. The average Bonchev–Trinajstić information content (AvgIpc) is 2.68. The number of ketones is 1. The summed E-state index contributed by atoms with van der Waals surface area (Å²) in [6.45, 7) is 0. The highest BCUT2D eigenvalue weighted by molar-refractivity contribution is 9.10. The number of rotatable bonds is 3. The van der Waals surface area contributed by atoms with Crippen LogP contribution in [0.5, 0.6) is 5.75 Å². The molecule has 2 rings (SSSR count). The van der Waals surface area contributed by atoms with Gasteiger partial charge in [0.25, 0.3) is 0 Å². The molecule has 0 saturated heterocycles. The first kappa shape index (κ1) is 13.2. The maximum absolute atomic E-state index is 12.4. The van der Waals surface area contributed by atoms with Crippen LogP contribution in [0.1, 0.15) is 16.1 Å². The minimum Gasteiger partial charge on any atom is -0.496 e. The Labute approximate surface area is 120 Å². The Hall–Kier alpha value is -1.21. The maximum atomic E-state index is 12.4. The van der Waals surface area contributed by atoms with Crippen molar-refractivity contribution >= 4 is 37.6 Å². The smallest absolute Gasteiger partial charge is 0.217 e. The zero-order valence-electron chi connectivity index (χ0n) is 9.65. The van der Waals surface area contributed by atoms with E-state index < -0.39 is 0 Å². The Morgan fingerprint density at radius 1 is 1.39 bits per heavy atom.